The lowest BCUT2D eigenvalue weighted by Crippen LogP contribution is -2.11. The second-order valence-corrected chi connectivity index (χ2v) is 5.98. The topological polar surface area (TPSA) is 43.8 Å². The highest BCUT2D eigenvalue weighted by molar-refractivity contribution is 9.10. The van der Waals surface area contributed by atoms with Crippen molar-refractivity contribution in [3.63, 3.8) is 0 Å². The summed E-state index contributed by atoms with van der Waals surface area (Å²) in [5.41, 5.74) is 11.6. The third kappa shape index (κ3) is 2.60. The predicted octanol–water partition coefficient (Wildman–Crippen LogP) is 3.62. The van der Waals surface area contributed by atoms with E-state index in [9.17, 15) is 0 Å². The fraction of sp³-hybridized carbons (Fsp3) is 0.400. The fourth-order valence-electron chi connectivity index (χ4n) is 2.58. The Hall–Kier alpha value is -1.13. The van der Waals surface area contributed by atoms with Crippen LogP contribution in [-0.2, 0) is 0 Å². The minimum Gasteiger partial charge on any atom is -0.330 e. The second kappa shape index (κ2) is 5.47. The number of hydrogen-bond donors (Lipinski definition) is 1. The van der Waals surface area contributed by atoms with Crippen LogP contribution < -0.4 is 5.73 Å². The normalized spacial score (nSPS) is 12.7. The number of aryl methyl sites for hydroxylation is 2. The second-order valence-electron chi connectivity index (χ2n) is 5.06. The summed E-state index contributed by atoms with van der Waals surface area (Å²) in [6, 6.07) is 6.25. The van der Waals surface area contributed by atoms with E-state index in [0.29, 0.717) is 12.5 Å². The highest BCUT2D eigenvalue weighted by atomic mass is 79.9. The molecule has 3 nitrogen and oxygen atoms in total. The van der Waals surface area contributed by atoms with Crippen molar-refractivity contribution in [2.24, 2.45) is 5.73 Å². The smallest absolute Gasteiger partial charge is 0.0678 e. The van der Waals surface area contributed by atoms with Crippen molar-refractivity contribution in [1.82, 2.24) is 9.78 Å². The van der Waals surface area contributed by atoms with Gasteiger partial charge in [-0.3, -0.25) is 0 Å². The molecular formula is C15H20BrN3. The summed E-state index contributed by atoms with van der Waals surface area (Å²) >= 11 is 3.50. The lowest BCUT2D eigenvalue weighted by molar-refractivity contribution is 0.759. The molecule has 0 amide bonds. The molecule has 1 aromatic heterocycles. The van der Waals surface area contributed by atoms with Gasteiger partial charge in [-0.15, -0.1) is 0 Å². The van der Waals surface area contributed by atoms with E-state index < -0.39 is 0 Å². The van der Waals surface area contributed by atoms with Crippen LogP contribution in [0.2, 0.25) is 0 Å². The van der Waals surface area contributed by atoms with Crippen molar-refractivity contribution in [2.75, 3.05) is 6.54 Å². The van der Waals surface area contributed by atoms with Crippen LogP contribution in [0, 0.1) is 20.8 Å². The van der Waals surface area contributed by atoms with Gasteiger partial charge in [0.05, 0.1) is 11.4 Å². The van der Waals surface area contributed by atoms with Crippen LogP contribution in [0.4, 0.5) is 0 Å². The summed E-state index contributed by atoms with van der Waals surface area (Å²) < 4.78 is 3.12. The average molecular weight is 322 g/mol. The first-order valence-corrected chi connectivity index (χ1v) is 7.27. The zero-order valence-electron chi connectivity index (χ0n) is 11.9. The van der Waals surface area contributed by atoms with Crippen molar-refractivity contribution in [3.8, 4) is 5.69 Å². The lowest BCUT2D eigenvalue weighted by atomic mass is 9.99. The molecule has 1 atom stereocenters. The van der Waals surface area contributed by atoms with Crippen molar-refractivity contribution in [3.05, 3.63) is 45.2 Å². The zero-order chi connectivity index (χ0) is 14.2. The molecule has 2 aromatic rings. The number of benzene rings is 1. The molecule has 4 heteroatoms. The van der Waals surface area contributed by atoms with Gasteiger partial charge in [0, 0.05) is 15.7 Å². The van der Waals surface area contributed by atoms with Gasteiger partial charge in [0.1, 0.15) is 0 Å². The molecule has 19 heavy (non-hydrogen) atoms. The maximum absolute atomic E-state index is 5.80. The van der Waals surface area contributed by atoms with E-state index in [1.807, 2.05) is 10.7 Å². The number of nitrogens with zero attached hydrogens (tertiary/aromatic N) is 2. The van der Waals surface area contributed by atoms with Gasteiger partial charge in [-0.1, -0.05) is 22.9 Å². The van der Waals surface area contributed by atoms with E-state index in [2.05, 4.69) is 60.9 Å². The Morgan fingerprint density at radius 3 is 2.58 bits per heavy atom. The molecule has 0 radical (unpaired) electrons. The first-order chi connectivity index (χ1) is 8.95. The third-order valence-corrected chi connectivity index (χ3v) is 4.07. The molecule has 0 aliphatic rings. The number of rotatable bonds is 3. The highest BCUT2D eigenvalue weighted by Gasteiger charge is 2.18. The summed E-state index contributed by atoms with van der Waals surface area (Å²) in [5, 5.41) is 4.69. The minimum atomic E-state index is 0.338. The molecule has 2 N–H and O–H groups in total. The SMILES string of the molecule is Cc1cc(Br)ccc1-n1nc(C)c(C(C)CN)c1C. The van der Waals surface area contributed by atoms with Gasteiger partial charge < -0.3 is 5.73 Å². The van der Waals surface area contributed by atoms with Crippen molar-refractivity contribution in [2.45, 2.75) is 33.6 Å². The third-order valence-electron chi connectivity index (χ3n) is 3.58. The average Bonchev–Trinajstić information content (AvgIpc) is 2.64. The Bertz CT molecular complexity index is 602. The van der Waals surface area contributed by atoms with Gasteiger partial charge in [-0.25, -0.2) is 4.68 Å². The number of hydrogen-bond acceptors (Lipinski definition) is 2. The molecule has 0 aliphatic carbocycles. The Kier molecular flexibility index (Phi) is 4.11. The molecule has 0 aliphatic heterocycles. The summed E-state index contributed by atoms with van der Waals surface area (Å²) in [4.78, 5) is 0. The standard InChI is InChI=1S/C15H20BrN3/c1-9-7-13(16)5-6-14(9)19-12(4)15(10(2)8-17)11(3)18-19/h5-7,10H,8,17H2,1-4H3. The largest absolute Gasteiger partial charge is 0.330 e. The molecule has 1 unspecified atom stereocenters. The van der Waals surface area contributed by atoms with Gasteiger partial charge in [0.25, 0.3) is 0 Å². The summed E-state index contributed by atoms with van der Waals surface area (Å²) in [7, 11) is 0. The van der Waals surface area contributed by atoms with Gasteiger partial charge in [0.2, 0.25) is 0 Å². The van der Waals surface area contributed by atoms with Gasteiger partial charge in [-0.2, -0.15) is 5.10 Å². The van der Waals surface area contributed by atoms with Crippen molar-refractivity contribution < 1.29 is 0 Å². The van der Waals surface area contributed by atoms with Crippen LogP contribution in [0.25, 0.3) is 5.69 Å². The molecule has 102 valence electrons. The molecular weight excluding hydrogens is 302 g/mol. The van der Waals surface area contributed by atoms with Crippen molar-refractivity contribution in [1.29, 1.82) is 0 Å². The first-order valence-electron chi connectivity index (χ1n) is 6.48. The summed E-state index contributed by atoms with van der Waals surface area (Å²) in [6.07, 6.45) is 0. The monoisotopic (exact) mass is 321 g/mol. The summed E-state index contributed by atoms with van der Waals surface area (Å²) in [5.74, 6) is 0.338. The highest BCUT2D eigenvalue weighted by Crippen LogP contribution is 2.27. The Morgan fingerprint density at radius 2 is 2.00 bits per heavy atom. The van der Waals surface area contributed by atoms with Crippen LogP contribution >= 0.6 is 15.9 Å². The maximum atomic E-state index is 5.80. The van der Waals surface area contributed by atoms with Gasteiger partial charge in [-0.05, 0) is 57.0 Å². The molecule has 0 bridgehead atoms. The summed E-state index contributed by atoms with van der Waals surface area (Å²) in [6.45, 7) is 9.06. The molecule has 1 aromatic carbocycles. The number of halogens is 1. The van der Waals surface area contributed by atoms with Crippen LogP contribution in [0.1, 0.15) is 35.4 Å². The maximum Gasteiger partial charge on any atom is 0.0678 e. The van der Waals surface area contributed by atoms with Crippen LogP contribution in [0.3, 0.4) is 0 Å². The Balaban J connectivity index is 2.58. The molecule has 0 saturated carbocycles. The van der Waals surface area contributed by atoms with Crippen LogP contribution in [0.15, 0.2) is 22.7 Å². The zero-order valence-corrected chi connectivity index (χ0v) is 13.5. The van der Waals surface area contributed by atoms with Crippen molar-refractivity contribution >= 4 is 15.9 Å². The molecule has 0 spiro atoms. The number of nitrogens with two attached hydrogens (primary N) is 1. The molecule has 2 rings (SSSR count). The van der Waals surface area contributed by atoms with Crippen LogP contribution in [0.5, 0.6) is 0 Å². The first kappa shape index (κ1) is 14.3. The van der Waals surface area contributed by atoms with E-state index in [0.717, 1.165) is 15.9 Å². The molecule has 0 fully saturated rings. The minimum absolute atomic E-state index is 0.338. The van der Waals surface area contributed by atoms with E-state index in [4.69, 9.17) is 5.73 Å². The van der Waals surface area contributed by atoms with E-state index in [1.54, 1.807) is 0 Å². The van der Waals surface area contributed by atoms with E-state index in [-0.39, 0.29) is 0 Å². The Labute approximate surface area is 122 Å². The number of aromatic nitrogens is 2. The Morgan fingerprint density at radius 1 is 1.32 bits per heavy atom. The molecule has 1 heterocycles. The van der Waals surface area contributed by atoms with Crippen LogP contribution in [-0.4, -0.2) is 16.3 Å². The lowest BCUT2D eigenvalue weighted by Gasteiger charge is -2.11. The van der Waals surface area contributed by atoms with Gasteiger partial charge >= 0.3 is 0 Å². The van der Waals surface area contributed by atoms with Gasteiger partial charge in [0.15, 0.2) is 0 Å². The van der Waals surface area contributed by atoms with E-state index in [1.165, 1.54) is 16.8 Å². The van der Waals surface area contributed by atoms with E-state index >= 15 is 0 Å². The quantitative estimate of drug-likeness (QED) is 0.938. The fourth-order valence-corrected chi connectivity index (χ4v) is 3.05. The predicted molar refractivity (Wildman–Crippen MR) is 82.9 cm³/mol. The molecule has 0 saturated heterocycles.